The van der Waals surface area contributed by atoms with Gasteiger partial charge in [0.15, 0.2) is 0 Å². The SMILES string of the molecule is CN(C)c1cccc(C(=O)N(CC(=O)N2CCNCC2)Cc2ccccc2Cl)c1.O=C(O)C(F)(F)F. The van der Waals surface area contributed by atoms with Gasteiger partial charge in [0.25, 0.3) is 5.91 Å². The topological polar surface area (TPSA) is 93.2 Å². The fraction of sp³-hybridized carbons (Fsp3) is 0.375. The molecule has 196 valence electrons. The van der Waals surface area contributed by atoms with Crippen LogP contribution in [0, 0.1) is 0 Å². The number of rotatable bonds is 6. The summed E-state index contributed by atoms with van der Waals surface area (Å²) in [6, 6.07) is 14.8. The fourth-order valence-electron chi connectivity index (χ4n) is 3.31. The molecule has 2 aromatic carbocycles. The molecule has 1 aliphatic heterocycles. The van der Waals surface area contributed by atoms with Crippen molar-refractivity contribution in [3.8, 4) is 0 Å². The number of piperazine rings is 1. The van der Waals surface area contributed by atoms with E-state index in [2.05, 4.69) is 5.32 Å². The number of hydrogen-bond acceptors (Lipinski definition) is 5. The van der Waals surface area contributed by atoms with Crippen LogP contribution in [-0.4, -0.2) is 85.7 Å². The number of carbonyl (C=O) groups excluding carboxylic acids is 2. The smallest absolute Gasteiger partial charge is 0.475 e. The number of carboxylic acids is 1. The molecule has 0 radical (unpaired) electrons. The zero-order valence-corrected chi connectivity index (χ0v) is 20.6. The largest absolute Gasteiger partial charge is 0.490 e. The fourth-order valence-corrected chi connectivity index (χ4v) is 3.50. The van der Waals surface area contributed by atoms with E-state index in [0.29, 0.717) is 23.7 Å². The number of nitrogens with zero attached hydrogens (tertiary/aromatic N) is 3. The summed E-state index contributed by atoms with van der Waals surface area (Å²) in [5.74, 6) is -2.99. The number of carboxylic acid groups (broad SMARTS) is 1. The number of alkyl halides is 3. The summed E-state index contributed by atoms with van der Waals surface area (Å²) in [5, 5.41) is 10.9. The van der Waals surface area contributed by atoms with Crippen LogP contribution in [0.1, 0.15) is 15.9 Å². The lowest BCUT2D eigenvalue weighted by Gasteiger charge is -2.31. The first-order valence-electron chi connectivity index (χ1n) is 11.0. The van der Waals surface area contributed by atoms with E-state index in [4.69, 9.17) is 21.5 Å². The Morgan fingerprint density at radius 3 is 2.22 bits per heavy atom. The second-order valence-corrected chi connectivity index (χ2v) is 8.54. The Hall–Kier alpha value is -3.31. The molecule has 1 fully saturated rings. The first-order valence-corrected chi connectivity index (χ1v) is 11.4. The van der Waals surface area contributed by atoms with Gasteiger partial charge in [-0.05, 0) is 29.8 Å². The van der Waals surface area contributed by atoms with Crippen molar-refractivity contribution in [1.29, 1.82) is 0 Å². The van der Waals surface area contributed by atoms with Gasteiger partial charge in [-0.25, -0.2) is 4.79 Å². The Morgan fingerprint density at radius 2 is 1.67 bits per heavy atom. The zero-order valence-electron chi connectivity index (χ0n) is 19.9. The zero-order chi connectivity index (χ0) is 26.9. The molecule has 8 nitrogen and oxygen atoms in total. The van der Waals surface area contributed by atoms with Crippen molar-refractivity contribution >= 4 is 35.1 Å². The van der Waals surface area contributed by atoms with Crippen LogP contribution in [0.5, 0.6) is 0 Å². The number of hydrogen-bond donors (Lipinski definition) is 2. The molecular weight excluding hydrogens is 501 g/mol. The number of aliphatic carboxylic acids is 1. The predicted octanol–water partition coefficient (Wildman–Crippen LogP) is 3.11. The number of halogens is 4. The lowest BCUT2D eigenvalue weighted by Crippen LogP contribution is -2.50. The predicted molar refractivity (Wildman–Crippen MR) is 130 cm³/mol. The van der Waals surface area contributed by atoms with Gasteiger partial charge in [0.05, 0.1) is 0 Å². The first kappa shape index (κ1) is 28.9. The highest BCUT2D eigenvalue weighted by Crippen LogP contribution is 2.20. The van der Waals surface area contributed by atoms with Crippen LogP contribution >= 0.6 is 11.6 Å². The second-order valence-electron chi connectivity index (χ2n) is 8.13. The van der Waals surface area contributed by atoms with Gasteiger partial charge < -0.3 is 25.1 Å². The third-order valence-electron chi connectivity index (χ3n) is 5.25. The summed E-state index contributed by atoms with van der Waals surface area (Å²) in [6.45, 7) is 3.16. The van der Waals surface area contributed by atoms with Crippen LogP contribution in [0.2, 0.25) is 5.02 Å². The molecule has 3 rings (SSSR count). The van der Waals surface area contributed by atoms with E-state index in [1.54, 1.807) is 21.9 Å². The van der Waals surface area contributed by atoms with Crippen LogP contribution in [0.4, 0.5) is 18.9 Å². The van der Waals surface area contributed by atoms with Crippen LogP contribution in [0.3, 0.4) is 0 Å². The molecule has 2 amide bonds. The monoisotopic (exact) mass is 528 g/mol. The van der Waals surface area contributed by atoms with Crippen LogP contribution in [-0.2, 0) is 16.1 Å². The van der Waals surface area contributed by atoms with Crippen molar-refractivity contribution in [2.75, 3.05) is 51.7 Å². The summed E-state index contributed by atoms with van der Waals surface area (Å²) in [6.07, 6.45) is -5.08. The highest BCUT2D eigenvalue weighted by atomic mass is 35.5. The van der Waals surface area contributed by atoms with E-state index in [1.807, 2.05) is 55.4 Å². The number of carbonyl (C=O) groups is 3. The molecule has 1 aliphatic rings. The molecule has 2 aromatic rings. The second kappa shape index (κ2) is 13.1. The van der Waals surface area contributed by atoms with Gasteiger partial charge in [-0.1, -0.05) is 35.9 Å². The van der Waals surface area contributed by atoms with E-state index in [9.17, 15) is 22.8 Å². The minimum atomic E-state index is -5.08. The van der Waals surface area contributed by atoms with Gasteiger partial charge in [0.2, 0.25) is 5.91 Å². The maximum atomic E-state index is 13.3. The average molecular weight is 529 g/mol. The lowest BCUT2D eigenvalue weighted by atomic mass is 10.1. The van der Waals surface area contributed by atoms with Gasteiger partial charge >= 0.3 is 12.1 Å². The van der Waals surface area contributed by atoms with Gasteiger partial charge in [-0.2, -0.15) is 13.2 Å². The maximum absolute atomic E-state index is 13.3. The van der Waals surface area contributed by atoms with Crippen LogP contribution in [0.25, 0.3) is 0 Å². The molecule has 0 aliphatic carbocycles. The normalized spacial score (nSPS) is 13.3. The molecule has 1 heterocycles. The van der Waals surface area contributed by atoms with E-state index in [1.165, 1.54) is 0 Å². The van der Waals surface area contributed by atoms with Crippen molar-refractivity contribution in [3.63, 3.8) is 0 Å². The van der Waals surface area contributed by atoms with Gasteiger partial charge in [0.1, 0.15) is 6.54 Å². The van der Waals surface area contributed by atoms with Gasteiger partial charge in [-0.15, -0.1) is 0 Å². The van der Waals surface area contributed by atoms with Crippen molar-refractivity contribution < 1.29 is 32.7 Å². The summed E-state index contributed by atoms with van der Waals surface area (Å²) in [4.78, 5) is 40.4. The molecule has 36 heavy (non-hydrogen) atoms. The summed E-state index contributed by atoms with van der Waals surface area (Å²) in [5.41, 5.74) is 2.30. The molecule has 0 bridgehead atoms. The Morgan fingerprint density at radius 1 is 1.06 bits per heavy atom. The Labute approximate surface area is 212 Å². The number of benzene rings is 2. The summed E-state index contributed by atoms with van der Waals surface area (Å²) >= 11 is 6.32. The molecule has 0 unspecified atom stereocenters. The van der Waals surface area contributed by atoms with E-state index >= 15 is 0 Å². The lowest BCUT2D eigenvalue weighted by molar-refractivity contribution is -0.192. The molecule has 0 aromatic heterocycles. The van der Waals surface area contributed by atoms with Crippen LogP contribution < -0.4 is 10.2 Å². The van der Waals surface area contributed by atoms with E-state index in [-0.39, 0.29) is 24.9 Å². The molecule has 0 spiro atoms. The number of anilines is 1. The molecule has 0 atom stereocenters. The quantitative estimate of drug-likeness (QED) is 0.598. The number of amides is 2. The highest BCUT2D eigenvalue weighted by Gasteiger charge is 2.38. The average Bonchev–Trinajstić information content (AvgIpc) is 2.84. The molecule has 12 heteroatoms. The third-order valence-corrected chi connectivity index (χ3v) is 5.62. The standard InChI is InChI=1S/C22H27ClN4O2.C2HF3O2/c1-25(2)19-8-5-7-17(14-19)22(29)27(15-18-6-3-4-9-20(18)23)16-21(28)26-12-10-24-11-13-26;3-2(4,5)1(6)7/h3-9,14,24H,10-13,15-16H2,1-2H3;(H,6,7). The number of nitrogens with one attached hydrogen (secondary N) is 1. The Kier molecular flexibility index (Phi) is 10.5. The van der Waals surface area contributed by atoms with Crippen molar-refractivity contribution in [1.82, 2.24) is 15.1 Å². The first-order chi connectivity index (χ1) is 16.9. The summed E-state index contributed by atoms with van der Waals surface area (Å²) in [7, 11) is 3.86. The minimum absolute atomic E-state index is 0.0241. The highest BCUT2D eigenvalue weighted by molar-refractivity contribution is 6.31. The molecular formula is C24H28ClF3N4O4. The van der Waals surface area contributed by atoms with E-state index in [0.717, 1.165) is 24.3 Å². The van der Waals surface area contributed by atoms with Crippen molar-refractivity contribution in [2.45, 2.75) is 12.7 Å². The maximum Gasteiger partial charge on any atom is 0.490 e. The molecule has 2 N–H and O–H groups in total. The molecule has 0 saturated carbocycles. The van der Waals surface area contributed by atoms with Crippen molar-refractivity contribution in [3.05, 3.63) is 64.7 Å². The van der Waals surface area contributed by atoms with Gasteiger partial charge in [0, 0.05) is 63.1 Å². The summed E-state index contributed by atoms with van der Waals surface area (Å²) < 4.78 is 31.7. The third kappa shape index (κ3) is 8.72. The van der Waals surface area contributed by atoms with Gasteiger partial charge in [-0.3, -0.25) is 9.59 Å². The van der Waals surface area contributed by atoms with Crippen molar-refractivity contribution in [2.24, 2.45) is 0 Å². The van der Waals surface area contributed by atoms with Crippen LogP contribution in [0.15, 0.2) is 48.5 Å². The Balaban J connectivity index is 0.000000572. The Bertz CT molecular complexity index is 1060. The minimum Gasteiger partial charge on any atom is -0.475 e. The molecule has 1 saturated heterocycles. The van der Waals surface area contributed by atoms with E-state index < -0.39 is 12.1 Å².